The highest BCUT2D eigenvalue weighted by atomic mass is 32.2. The molecule has 9 heteroatoms. The van der Waals surface area contributed by atoms with E-state index in [4.69, 9.17) is 9.47 Å². The van der Waals surface area contributed by atoms with E-state index in [0.29, 0.717) is 29.4 Å². The van der Waals surface area contributed by atoms with Gasteiger partial charge in [-0.1, -0.05) is 24.3 Å². The van der Waals surface area contributed by atoms with Crippen LogP contribution in [0.4, 0.5) is 0 Å². The number of nitrogens with one attached hydrogen (secondary N) is 1. The molecule has 2 aromatic heterocycles. The Hall–Kier alpha value is -3.98. The highest BCUT2D eigenvalue weighted by Crippen LogP contribution is 2.33. The quantitative estimate of drug-likeness (QED) is 0.195. The number of carboxylic acid groups (broad SMARTS) is 1. The number of rotatable bonds is 9. The van der Waals surface area contributed by atoms with Gasteiger partial charge in [0, 0.05) is 40.3 Å². The molecule has 8 nitrogen and oxygen atoms in total. The van der Waals surface area contributed by atoms with Crippen molar-refractivity contribution >= 4 is 34.7 Å². The van der Waals surface area contributed by atoms with Crippen molar-refractivity contribution in [1.29, 1.82) is 0 Å². The van der Waals surface area contributed by atoms with Crippen LogP contribution < -0.4 is 9.47 Å². The van der Waals surface area contributed by atoms with Crippen molar-refractivity contribution in [2.24, 2.45) is 0 Å². The van der Waals surface area contributed by atoms with Crippen LogP contribution in [0.1, 0.15) is 11.3 Å². The normalized spacial score (nSPS) is 11.6. The van der Waals surface area contributed by atoms with Gasteiger partial charge in [-0.25, -0.2) is 9.78 Å². The number of aromatic nitrogens is 4. The highest BCUT2D eigenvalue weighted by Gasteiger charge is 2.18. The topological polar surface area (TPSA) is 102 Å². The van der Waals surface area contributed by atoms with Gasteiger partial charge < -0.3 is 19.1 Å². The summed E-state index contributed by atoms with van der Waals surface area (Å²) in [5.74, 6) is 0.637. The summed E-state index contributed by atoms with van der Waals surface area (Å²) in [6.07, 6.45) is 3.50. The van der Waals surface area contributed by atoms with Crippen LogP contribution >= 0.6 is 11.8 Å². The van der Waals surface area contributed by atoms with Crippen molar-refractivity contribution in [3.63, 3.8) is 0 Å². The molecule has 0 aliphatic rings. The number of methoxy groups -OCH3 is 2. The average Bonchev–Trinajstić information content (AvgIpc) is 3.42. The van der Waals surface area contributed by atoms with Gasteiger partial charge in [0.2, 0.25) is 5.16 Å². The predicted molar refractivity (Wildman–Crippen MR) is 133 cm³/mol. The fourth-order valence-corrected chi connectivity index (χ4v) is 4.42. The molecule has 0 radical (unpaired) electrons. The SMILES string of the molecule is C=CCn1c(C)c(/C=C(\Sc2n[nH]c(-c3cc(OC)cc(OC)c3)n2)C(=O)O)c2ccccc21. The van der Waals surface area contributed by atoms with E-state index in [1.54, 1.807) is 38.5 Å². The number of para-hydroxylation sites is 1. The number of aromatic amines is 1. The molecule has 2 heterocycles. The van der Waals surface area contributed by atoms with Gasteiger partial charge in [0.25, 0.3) is 0 Å². The number of allylic oxidation sites excluding steroid dienone is 1. The van der Waals surface area contributed by atoms with Crippen LogP contribution in [0.3, 0.4) is 0 Å². The summed E-state index contributed by atoms with van der Waals surface area (Å²) < 4.78 is 12.7. The second kappa shape index (κ2) is 9.88. The van der Waals surface area contributed by atoms with Crippen LogP contribution in [0.5, 0.6) is 11.5 Å². The molecule has 34 heavy (non-hydrogen) atoms. The minimum atomic E-state index is -1.06. The first-order valence-electron chi connectivity index (χ1n) is 10.4. The van der Waals surface area contributed by atoms with Crippen LogP contribution in [0.25, 0.3) is 28.4 Å². The summed E-state index contributed by atoms with van der Waals surface area (Å²) >= 11 is 0.983. The Morgan fingerprint density at radius 3 is 2.56 bits per heavy atom. The summed E-state index contributed by atoms with van der Waals surface area (Å²) in [5, 5.41) is 18.3. The number of fused-ring (bicyclic) bond motifs is 1. The number of hydrogen-bond acceptors (Lipinski definition) is 6. The Balaban J connectivity index is 1.71. The number of thioether (sulfide) groups is 1. The summed E-state index contributed by atoms with van der Waals surface area (Å²) in [5.41, 5.74) is 3.53. The largest absolute Gasteiger partial charge is 0.497 e. The molecule has 0 bridgehead atoms. The Morgan fingerprint density at radius 2 is 1.91 bits per heavy atom. The second-order valence-electron chi connectivity index (χ2n) is 7.40. The van der Waals surface area contributed by atoms with Gasteiger partial charge in [0.05, 0.1) is 14.2 Å². The number of hydrogen-bond donors (Lipinski definition) is 2. The Labute approximate surface area is 200 Å². The number of aliphatic carboxylic acids is 1. The van der Waals surface area contributed by atoms with Gasteiger partial charge in [0.15, 0.2) is 5.82 Å². The Kier molecular flexibility index (Phi) is 6.74. The van der Waals surface area contributed by atoms with E-state index in [0.717, 1.165) is 33.9 Å². The summed E-state index contributed by atoms with van der Waals surface area (Å²) in [7, 11) is 3.14. The lowest BCUT2D eigenvalue weighted by Gasteiger charge is -2.06. The third kappa shape index (κ3) is 4.55. The van der Waals surface area contributed by atoms with Crippen molar-refractivity contribution in [2.75, 3.05) is 14.2 Å². The maximum atomic E-state index is 12.1. The lowest BCUT2D eigenvalue weighted by molar-refractivity contribution is -0.131. The van der Waals surface area contributed by atoms with E-state index in [9.17, 15) is 9.90 Å². The first-order chi connectivity index (χ1) is 16.4. The molecule has 0 atom stereocenters. The molecule has 0 aliphatic heterocycles. The summed E-state index contributed by atoms with van der Waals surface area (Å²) in [4.78, 5) is 16.7. The molecular weight excluding hydrogens is 452 g/mol. The second-order valence-corrected chi connectivity index (χ2v) is 8.41. The van der Waals surface area contributed by atoms with Gasteiger partial charge in [-0.3, -0.25) is 5.10 Å². The molecule has 174 valence electrons. The molecule has 2 aromatic carbocycles. The molecule has 0 fully saturated rings. The summed E-state index contributed by atoms with van der Waals surface area (Å²) in [6.45, 7) is 6.44. The molecule has 4 aromatic rings. The number of H-pyrrole nitrogens is 1. The number of carboxylic acids is 1. The molecule has 0 unspecified atom stereocenters. The van der Waals surface area contributed by atoms with Crippen molar-refractivity contribution in [3.8, 4) is 22.9 Å². The van der Waals surface area contributed by atoms with E-state index < -0.39 is 5.97 Å². The van der Waals surface area contributed by atoms with Gasteiger partial charge in [-0.15, -0.1) is 11.7 Å². The first-order valence-corrected chi connectivity index (χ1v) is 11.2. The molecule has 0 saturated carbocycles. The Bertz CT molecular complexity index is 1380. The zero-order valence-corrected chi connectivity index (χ0v) is 19.8. The molecule has 0 saturated heterocycles. The van der Waals surface area contributed by atoms with Crippen LogP contribution in [-0.4, -0.2) is 45.0 Å². The number of carbonyl (C=O) groups is 1. The van der Waals surface area contributed by atoms with Crippen molar-refractivity contribution in [1.82, 2.24) is 19.7 Å². The molecule has 0 amide bonds. The lowest BCUT2D eigenvalue weighted by Crippen LogP contribution is -1.99. The van der Waals surface area contributed by atoms with Gasteiger partial charge in [-0.05, 0) is 43.0 Å². The molecule has 4 rings (SSSR count). The van der Waals surface area contributed by atoms with Crippen LogP contribution in [-0.2, 0) is 11.3 Å². The van der Waals surface area contributed by atoms with Crippen LogP contribution in [0.2, 0.25) is 0 Å². The maximum absolute atomic E-state index is 12.1. The molecule has 0 aliphatic carbocycles. The smallest absolute Gasteiger partial charge is 0.342 e. The van der Waals surface area contributed by atoms with Gasteiger partial charge >= 0.3 is 5.97 Å². The molecule has 0 spiro atoms. The maximum Gasteiger partial charge on any atom is 0.342 e. The van der Waals surface area contributed by atoms with Crippen LogP contribution in [0, 0.1) is 6.92 Å². The average molecular weight is 477 g/mol. The molecular formula is C25H24N4O4S. The van der Waals surface area contributed by atoms with E-state index in [1.807, 2.05) is 37.3 Å². The van der Waals surface area contributed by atoms with E-state index in [2.05, 4.69) is 26.3 Å². The summed E-state index contributed by atoms with van der Waals surface area (Å²) in [6, 6.07) is 13.2. The monoisotopic (exact) mass is 476 g/mol. The number of ether oxygens (including phenoxy) is 2. The lowest BCUT2D eigenvalue weighted by atomic mass is 10.1. The van der Waals surface area contributed by atoms with E-state index >= 15 is 0 Å². The predicted octanol–water partition coefficient (Wildman–Crippen LogP) is 5.16. The highest BCUT2D eigenvalue weighted by molar-refractivity contribution is 8.04. The van der Waals surface area contributed by atoms with Gasteiger partial charge in [0.1, 0.15) is 16.4 Å². The molecule has 2 N–H and O–H groups in total. The van der Waals surface area contributed by atoms with E-state index in [1.165, 1.54) is 0 Å². The third-order valence-corrected chi connectivity index (χ3v) is 6.25. The van der Waals surface area contributed by atoms with Crippen LogP contribution in [0.15, 0.2) is 65.2 Å². The Morgan fingerprint density at radius 1 is 1.21 bits per heavy atom. The fourth-order valence-electron chi connectivity index (χ4n) is 3.73. The zero-order valence-electron chi connectivity index (χ0n) is 19.0. The van der Waals surface area contributed by atoms with E-state index in [-0.39, 0.29) is 10.1 Å². The third-order valence-electron chi connectivity index (χ3n) is 5.37. The standard InChI is InChI=1S/C25H24N4O4S/c1-5-10-29-15(2)20(19-8-6-7-9-21(19)29)14-22(24(30)31)34-25-26-23(27-28-25)16-11-17(32-3)13-18(12-16)33-4/h5-9,11-14H,1,10H2,2-4H3,(H,30,31)(H,26,27,28)/b22-14-. The minimum Gasteiger partial charge on any atom is -0.497 e. The number of benzene rings is 2. The number of nitrogens with zero attached hydrogens (tertiary/aromatic N) is 3. The van der Waals surface area contributed by atoms with Crippen molar-refractivity contribution < 1.29 is 19.4 Å². The first kappa shape index (κ1) is 23.2. The van der Waals surface area contributed by atoms with Crippen molar-refractivity contribution in [2.45, 2.75) is 18.6 Å². The zero-order chi connectivity index (χ0) is 24.2. The van der Waals surface area contributed by atoms with Gasteiger partial charge in [-0.2, -0.15) is 0 Å². The van der Waals surface area contributed by atoms with Crippen molar-refractivity contribution in [3.05, 3.63) is 71.3 Å². The minimum absolute atomic E-state index is 0.110. The fraction of sp³-hybridized carbons (Fsp3) is 0.160.